The number of thioether (sulfide) groups is 1. The molecule has 0 unspecified atom stereocenters. The van der Waals surface area contributed by atoms with Crippen molar-refractivity contribution in [3.63, 3.8) is 0 Å². The van der Waals surface area contributed by atoms with Gasteiger partial charge in [0.15, 0.2) is 0 Å². The number of sulfonamides is 1. The van der Waals surface area contributed by atoms with Crippen LogP contribution in [0.15, 0.2) is 75.1 Å². The molecule has 1 fully saturated rings. The van der Waals surface area contributed by atoms with Gasteiger partial charge in [-0.1, -0.05) is 19.1 Å². The van der Waals surface area contributed by atoms with Crippen LogP contribution in [0.5, 0.6) is 0 Å². The van der Waals surface area contributed by atoms with Crippen LogP contribution in [0.1, 0.15) is 46.2 Å². The van der Waals surface area contributed by atoms with Gasteiger partial charge in [0, 0.05) is 18.0 Å². The molecule has 2 N–H and O–H groups in total. The Morgan fingerprint density at radius 3 is 2.50 bits per heavy atom. The number of hydrogen-bond acceptors (Lipinski definition) is 6. The standard InChI is InChI=1S/C26H29N3O5S2/c1-18-11-13-29(14-12-18)26(31)22-16-20(9-10-24(22)35-2)36(32,33)28-23-8-4-3-7-21(23)25(30)27-17-19-6-5-15-34-19/h3-10,15-16,18,28H,11-14,17H2,1-2H3,(H,27,30). The number of nitrogens with one attached hydrogen (secondary N) is 2. The highest BCUT2D eigenvalue weighted by atomic mass is 32.2. The average molecular weight is 528 g/mol. The van der Waals surface area contributed by atoms with E-state index in [0.29, 0.717) is 30.3 Å². The first-order chi connectivity index (χ1) is 17.3. The van der Waals surface area contributed by atoms with Gasteiger partial charge in [-0.3, -0.25) is 14.3 Å². The van der Waals surface area contributed by atoms with Crippen molar-refractivity contribution in [1.82, 2.24) is 10.2 Å². The number of carbonyl (C=O) groups is 2. The van der Waals surface area contributed by atoms with Crippen LogP contribution in [0.25, 0.3) is 0 Å². The molecule has 2 heterocycles. The lowest BCUT2D eigenvalue weighted by atomic mass is 9.98. The summed E-state index contributed by atoms with van der Waals surface area (Å²) in [5, 5.41) is 2.73. The molecular formula is C26H29N3O5S2. The first-order valence-electron chi connectivity index (χ1n) is 11.7. The Labute approximate surface area is 215 Å². The van der Waals surface area contributed by atoms with Crippen molar-refractivity contribution < 1.29 is 22.4 Å². The minimum absolute atomic E-state index is 0.0418. The third-order valence-corrected chi connectivity index (χ3v) is 8.36. The predicted octanol–water partition coefficient (Wildman–Crippen LogP) is 4.60. The first kappa shape index (κ1) is 25.8. The number of rotatable bonds is 8. The lowest BCUT2D eigenvalue weighted by molar-refractivity contribution is 0.0693. The number of piperidine rings is 1. The summed E-state index contributed by atoms with van der Waals surface area (Å²) in [4.78, 5) is 28.5. The smallest absolute Gasteiger partial charge is 0.261 e. The van der Waals surface area contributed by atoms with Crippen molar-refractivity contribution in [1.29, 1.82) is 0 Å². The number of para-hydroxylation sites is 1. The molecule has 1 aromatic heterocycles. The van der Waals surface area contributed by atoms with Crippen molar-refractivity contribution in [2.24, 2.45) is 5.92 Å². The van der Waals surface area contributed by atoms with E-state index in [1.54, 1.807) is 41.3 Å². The van der Waals surface area contributed by atoms with E-state index in [0.717, 1.165) is 17.7 Å². The molecule has 2 amide bonds. The zero-order chi connectivity index (χ0) is 25.7. The highest BCUT2D eigenvalue weighted by molar-refractivity contribution is 7.98. The van der Waals surface area contributed by atoms with Gasteiger partial charge in [-0.25, -0.2) is 8.42 Å². The average Bonchev–Trinajstić information content (AvgIpc) is 3.41. The molecule has 0 radical (unpaired) electrons. The number of carbonyl (C=O) groups excluding carboxylic acids is 2. The van der Waals surface area contributed by atoms with E-state index in [9.17, 15) is 18.0 Å². The molecule has 36 heavy (non-hydrogen) atoms. The molecule has 1 aliphatic rings. The largest absolute Gasteiger partial charge is 0.467 e. The topological polar surface area (TPSA) is 109 Å². The van der Waals surface area contributed by atoms with E-state index in [-0.39, 0.29) is 28.6 Å². The summed E-state index contributed by atoms with van der Waals surface area (Å²) in [5.74, 6) is 0.538. The Morgan fingerprint density at radius 1 is 1.06 bits per heavy atom. The van der Waals surface area contributed by atoms with E-state index >= 15 is 0 Å². The summed E-state index contributed by atoms with van der Waals surface area (Å²) in [6, 6.07) is 14.4. The summed E-state index contributed by atoms with van der Waals surface area (Å²) >= 11 is 1.40. The van der Waals surface area contributed by atoms with Crippen molar-refractivity contribution in [2.75, 3.05) is 24.1 Å². The number of furan rings is 1. The van der Waals surface area contributed by atoms with E-state index in [1.165, 1.54) is 36.2 Å². The number of likely N-dealkylation sites (tertiary alicyclic amines) is 1. The molecule has 190 valence electrons. The molecule has 8 nitrogen and oxygen atoms in total. The van der Waals surface area contributed by atoms with Crippen molar-refractivity contribution >= 4 is 39.3 Å². The number of hydrogen-bond donors (Lipinski definition) is 2. The van der Waals surface area contributed by atoms with Gasteiger partial charge in [-0.15, -0.1) is 11.8 Å². The molecule has 1 aliphatic heterocycles. The Bertz CT molecular complexity index is 1330. The number of benzene rings is 2. The van der Waals surface area contributed by atoms with E-state index in [2.05, 4.69) is 17.0 Å². The van der Waals surface area contributed by atoms with Gasteiger partial charge < -0.3 is 14.6 Å². The monoisotopic (exact) mass is 527 g/mol. The Kier molecular flexibility index (Phi) is 8.05. The number of anilines is 1. The van der Waals surface area contributed by atoms with Crippen LogP contribution in [0.4, 0.5) is 5.69 Å². The molecule has 10 heteroatoms. The fourth-order valence-corrected chi connectivity index (χ4v) is 5.73. The van der Waals surface area contributed by atoms with Crippen LogP contribution >= 0.6 is 11.8 Å². The fraction of sp³-hybridized carbons (Fsp3) is 0.308. The van der Waals surface area contributed by atoms with Gasteiger partial charge in [0.1, 0.15) is 5.76 Å². The molecule has 2 aromatic carbocycles. The maximum absolute atomic E-state index is 13.3. The second-order valence-electron chi connectivity index (χ2n) is 8.75. The summed E-state index contributed by atoms with van der Waals surface area (Å²) in [6.07, 6.45) is 5.22. The zero-order valence-electron chi connectivity index (χ0n) is 20.2. The quantitative estimate of drug-likeness (QED) is 0.415. The van der Waals surface area contributed by atoms with E-state index in [4.69, 9.17) is 4.42 Å². The van der Waals surface area contributed by atoms with Crippen molar-refractivity contribution in [2.45, 2.75) is 36.1 Å². The normalized spacial score (nSPS) is 14.4. The van der Waals surface area contributed by atoms with Gasteiger partial charge >= 0.3 is 0 Å². The second-order valence-corrected chi connectivity index (χ2v) is 11.3. The Morgan fingerprint density at radius 2 is 1.81 bits per heavy atom. The molecule has 4 rings (SSSR count). The van der Waals surface area contributed by atoms with Gasteiger partial charge in [-0.2, -0.15) is 0 Å². The molecule has 0 bridgehead atoms. The lowest BCUT2D eigenvalue weighted by Crippen LogP contribution is -2.38. The van der Waals surface area contributed by atoms with Gasteiger partial charge in [0.25, 0.3) is 21.8 Å². The Balaban J connectivity index is 1.57. The van der Waals surface area contributed by atoms with Crippen molar-refractivity contribution in [3.05, 3.63) is 77.7 Å². The van der Waals surface area contributed by atoms with Crippen molar-refractivity contribution in [3.8, 4) is 0 Å². The number of nitrogens with zero attached hydrogens (tertiary/aromatic N) is 1. The third kappa shape index (κ3) is 5.93. The van der Waals surface area contributed by atoms with Crippen LogP contribution in [0, 0.1) is 5.92 Å². The minimum Gasteiger partial charge on any atom is -0.467 e. The lowest BCUT2D eigenvalue weighted by Gasteiger charge is -2.30. The molecule has 0 aliphatic carbocycles. The second kappa shape index (κ2) is 11.2. The fourth-order valence-electron chi connectivity index (χ4n) is 4.05. The number of amides is 2. The molecule has 0 spiro atoms. The summed E-state index contributed by atoms with van der Waals surface area (Å²) < 4.78 is 34.4. The maximum atomic E-state index is 13.3. The minimum atomic E-state index is -4.08. The molecule has 3 aromatic rings. The molecule has 0 atom stereocenters. The first-order valence-corrected chi connectivity index (χ1v) is 14.4. The van der Waals surface area contributed by atoms with Crippen LogP contribution in [0.2, 0.25) is 0 Å². The molecular weight excluding hydrogens is 498 g/mol. The summed E-state index contributed by atoms with van der Waals surface area (Å²) in [7, 11) is -4.08. The van der Waals surface area contributed by atoms with Crippen LogP contribution in [0.3, 0.4) is 0 Å². The van der Waals surface area contributed by atoms with E-state index < -0.39 is 15.9 Å². The van der Waals surface area contributed by atoms with Gasteiger partial charge in [-0.05, 0) is 67.5 Å². The third-order valence-electron chi connectivity index (χ3n) is 6.20. The zero-order valence-corrected chi connectivity index (χ0v) is 21.8. The summed E-state index contributed by atoms with van der Waals surface area (Å²) in [6.45, 7) is 3.65. The van der Waals surface area contributed by atoms with Crippen LogP contribution in [-0.2, 0) is 16.6 Å². The highest BCUT2D eigenvalue weighted by Gasteiger charge is 2.26. The SMILES string of the molecule is CSc1ccc(S(=O)(=O)Nc2ccccc2C(=O)NCc2ccco2)cc1C(=O)N1CCC(C)CC1. The van der Waals surface area contributed by atoms with E-state index in [1.807, 2.05) is 6.26 Å². The molecule has 0 saturated carbocycles. The van der Waals surface area contributed by atoms with Crippen LogP contribution < -0.4 is 10.0 Å². The summed E-state index contributed by atoms with van der Waals surface area (Å²) in [5.41, 5.74) is 0.679. The highest BCUT2D eigenvalue weighted by Crippen LogP contribution is 2.28. The van der Waals surface area contributed by atoms with Gasteiger partial charge in [0.2, 0.25) is 0 Å². The maximum Gasteiger partial charge on any atom is 0.261 e. The molecule has 1 saturated heterocycles. The van der Waals surface area contributed by atoms with Crippen LogP contribution in [-0.4, -0.2) is 44.5 Å². The van der Waals surface area contributed by atoms with Gasteiger partial charge in [0.05, 0.1) is 34.5 Å². The predicted molar refractivity (Wildman–Crippen MR) is 140 cm³/mol. The Hall–Kier alpha value is -3.24.